The van der Waals surface area contributed by atoms with Crippen molar-refractivity contribution in [3.63, 3.8) is 0 Å². The first-order valence-electron chi connectivity index (χ1n) is 10.4. The van der Waals surface area contributed by atoms with E-state index in [1.165, 1.54) is 7.11 Å². The van der Waals surface area contributed by atoms with Gasteiger partial charge in [-0.3, -0.25) is 4.99 Å². The minimum Gasteiger partial charge on any atom is -0.497 e. The fourth-order valence-corrected chi connectivity index (χ4v) is 4.60. The van der Waals surface area contributed by atoms with Gasteiger partial charge in [0.05, 0.1) is 14.2 Å². The molecule has 5 nitrogen and oxygen atoms in total. The zero-order chi connectivity index (χ0) is 23.6. The molecule has 33 heavy (non-hydrogen) atoms. The second-order valence-electron chi connectivity index (χ2n) is 7.85. The third-order valence-corrected chi connectivity index (χ3v) is 6.58. The Labute approximate surface area is 203 Å². The second kappa shape index (κ2) is 9.46. The highest BCUT2D eigenvalue weighted by Crippen LogP contribution is 2.48. The summed E-state index contributed by atoms with van der Waals surface area (Å²) in [5.74, 6) is 1.14. The number of likely N-dealkylation sites (N-methyl/N-ethyl adjacent to an activating group) is 1. The summed E-state index contributed by atoms with van der Waals surface area (Å²) in [5.41, 5.74) is 1.45. The highest BCUT2D eigenvalue weighted by Gasteiger charge is 2.57. The first kappa shape index (κ1) is 23.1. The van der Waals surface area contributed by atoms with Crippen LogP contribution in [0.5, 0.6) is 5.75 Å². The Kier molecular flexibility index (Phi) is 6.63. The number of hydrogen-bond donors (Lipinski definition) is 0. The zero-order valence-electron chi connectivity index (χ0n) is 18.6. The van der Waals surface area contributed by atoms with Crippen LogP contribution in [0.2, 0.25) is 10.0 Å². The monoisotopic (exact) mass is 482 g/mol. The maximum absolute atomic E-state index is 13.6. The number of hydrogen-bond acceptors (Lipinski definition) is 5. The highest BCUT2D eigenvalue weighted by molar-refractivity contribution is 6.30. The van der Waals surface area contributed by atoms with Crippen molar-refractivity contribution in [3.05, 3.63) is 99.5 Å². The maximum Gasteiger partial charge on any atom is 0.339 e. The summed E-state index contributed by atoms with van der Waals surface area (Å²) in [6, 6.07) is 21.9. The predicted octanol–water partition coefficient (Wildman–Crippen LogP) is 5.70. The molecule has 3 aromatic rings. The van der Waals surface area contributed by atoms with Gasteiger partial charge in [0.15, 0.2) is 5.54 Å². The summed E-state index contributed by atoms with van der Waals surface area (Å²) in [7, 11) is 4.91. The Morgan fingerprint density at radius 2 is 1.52 bits per heavy atom. The fourth-order valence-electron chi connectivity index (χ4n) is 4.34. The molecule has 0 fully saturated rings. The smallest absolute Gasteiger partial charge is 0.339 e. The van der Waals surface area contributed by atoms with Crippen LogP contribution in [0.15, 0.2) is 77.8 Å². The molecule has 0 aliphatic carbocycles. The molecule has 0 radical (unpaired) electrons. The van der Waals surface area contributed by atoms with Crippen molar-refractivity contribution in [2.45, 2.75) is 18.0 Å². The van der Waals surface area contributed by atoms with Gasteiger partial charge in [-0.25, -0.2) is 4.79 Å². The Hall–Kier alpha value is -3.02. The molecule has 7 heteroatoms. The number of aliphatic imine (C=N–C) groups is 1. The van der Waals surface area contributed by atoms with Crippen molar-refractivity contribution in [1.29, 1.82) is 0 Å². The summed E-state index contributed by atoms with van der Waals surface area (Å²) in [6.45, 7) is 0. The van der Waals surface area contributed by atoms with Gasteiger partial charge in [-0.05, 0) is 53.1 Å². The molecular weight excluding hydrogens is 459 g/mol. The van der Waals surface area contributed by atoms with Crippen LogP contribution in [0.25, 0.3) is 0 Å². The van der Waals surface area contributed by atoms with E-state index in [0.717, 1.165) is 28.3 Å². The van der Waals surface area contributed by atoms with E-state index in [4.69, 9.17) is 37.7 Å². The third kappa shape index (κ3) is 4.19. The number of methoxy groups -OCH3 is 2. The van der Waals surface area contributed by atoms with Gasteiger partial charge in [-0.1, -0.05) is 59.6 Å². The van der Waals surface area contributed by atoms with E-state index < -0.39 is 17.6 Å². The molecule has 4 rings (SSSR count). The number of ether oxygens (including phenoxy) is 2. The molecule has 1 aliphatic rings. The van der Waals surface area contributed by atoms with Crippen LogP contribution >= 0.6 is 23.2 Å². The lowest BCUT2D eigenvalue weighted by atomic mass is 9.79. The van der Waals surface area contributed by atoms with E-state index in [2.05, 4.69) is 0 Å². The lowest BCUT2D eigenvalue weighted by molar-refractivity contribution is -0.153. The minimum atomic E-state index is -1.20. The first-order valence-corrected chi connectivity index (χ1v) is 11.2. The van der Waals surface area contributed by atoms with Crippen molar-refractivity contribution in [1.82, 2.24) is 4.90 Å². The topological polar surface area (TPSA) is 51.1 Å². The molecule has 0 spiro atoms. The highest BCUT2D eigenvalue weighted by atomic mass is 35.5. The van der Waals surface area contributed by atoms with Crippen LogP contribution in [0.3, 0.4) is 0 Å². The molecule has 0 unspecified atom stereocenters. The van der Waals surface area contributed by atoms with Crippen LogP contribution in [-0.4, -0.2) is 38.0 Å². The SMILES string of the molecule is COC(=O)[C@]1(c2ccc(Cl)cc2)[C@@H](c2ccc(Cl)cc2)N=C(Cc2ccc(OC)cc2)N1C. The van der Waals surface area contributed by atoms with Crippen LogP contribution in [0, 0.1) is 0 Å². The number of nitrogens with zero attached hydrogens (tertiary/aromatic N) is 2. The summed E-state index contributed by atoms with van der Waals surface area (Å²) in [4.78, 5) is 20.5. The second-order valence-corrected chi connectivity index (χ2v) is 8.72. The standard InChI is InChI=1S/C26H24Cl2N2O3/c1-30-23(16-17-4-14-22(32-2)15-5-17)29-24(18-6-10-20(27)11-7-18)26(30,25(31)33-3)19-8-12-21(28)13-9-19/h4-15,24H,16H2,1-3H3/t24-,26+/m1/s1. The average molecular weight is 483 g/mol. The Bertz CT molecular complexity index is 1160. The number of benzene rings is 3. The van der Waals surface area contributed by atoms with Gasteiger partial charge < -0.3 is 14.4 Å². The first-order chi connectivity index (χ1) is 15.9. The van der Waals surface area contributed by atoms with Crippen molar-refractivity contribution in [2.75, 3.05) is 21.3 Å². The normalized spacial score (nSPS) is 19.8. The molecular formula is C26H24Cl2N2O3. The lowest BCUT2D eigenvalue weighted by Crippen LogP contribution is -2.52. The molecule has 1 aliphatic heterocycles. The molecule has 0 aromatic heterocycles. The average Bonchev–Trinajstić information content (AvgIpc) is 3.12. The van der Waals surface area contributed by atoms with E-state index in [-0.39, 0.29) is 0 Å². The summed E-state index contributed by atoms with van der Waals surface area (Å²) < 4.78 is 10.6. The molecule has 0 saturated carbocycles. The van der Waals surface area contributed by atoms with Gasteiger partial charge in [0.25, 0.3) is 0 Å². The largest absolute Gasteiger partial charge is 0.497 e. The summed E-state index contributed by atoms with van der Waals surface area (Å²) >= 11 is 12.3. The lowest BCUT2D eigenvalue weighted by Gasteiger charge is -2.39. The minimum absolute atomic E-state index is 0.402. The van der Waals surface area contributed by atoms with E-state index in [0.29, 0.717) is 16.5 Å². The molecule has 1 heterocycles. The van der Waals surface area contributed by atoms with Gasteiger partial charge in [0, 0.05) is 23.5 Å². The third-order valence-electron chi connectivity index (χ3n) is 6.08. The number of amidine groups is 1. The number of rotatable bonds is 6. The van der Waals surface area contributed by atoms with Crippen molar-refractivity contribution < 1.29 is 14.3 Å². The van der Waals surface area contributed by atoms with Gasteiger partial charge in [0.1, 0.15) is 17.6 Å². The van der Waals surface area contributed by atoms with Crippen molar-refractivity contribution >= 4 is 35.0 Å². The van der Waals surface area contributed by atoms with Crippen molar-refractivity contribution in [2.24, 2.45) is 4.99 Å². The summed E-state index contributed by atoms with van der Waals surface area (Å²) in [6.07, 6.45) is 0.539. The van der Waals surface area contributed by atoms with Crippen LogP contribution in [0.1, 0.15) is 22.7 Å². The molecule has 170 valence electrons. The van der Waals surface area contributed by atoms with Crippen LogP contribution in [-0.2, 0) is 21.5 Å². The number of carbonyl (C=O) groups excluding carboxylic acids is 1. The van der Waals surface area contributed by atoms with Crippen LogP contribution < -0.4 is 4.74 Å². The van der Waals surface area contributed by atoms with E-state index in [1.807, 2.05) is 60.5 Å². The fraction of sp³-hybridized carbons (Fsp3) is 0.231. The quantitative estimate of drug-likeness (QED) is 0.423. The Morgan fingerprint density at radius 3 is 2.06 bits per heavy atom. The number of esters is 1. The van der Waals surface area contributed by atoms with Gasteiger partial charge >= 0.3 is 5.97 Å². The zero-order valence-corrected chi connectivity index (χ0v) is 20.1. The van der Waals surface area contributed by atoms with Gasteiger partial charge in [0.2, 0.25) is 0 Å². The van der Waals surface area contributed by atoms with Gasteiger partial charge in [-0.2, -0.15) is 0 Å². The van der Waals surface area contributed by atoms with E-state index in [9.17, 15) is 4.79 Å². The number of halogens is 2. The van der Waals surface area contributed by atoms with E-state index in [1.54, 1.807) is 31.4 Å². The molecule has 0 bridgehead atoms. The molecule has 0 amide bonds. The van der Waals surface area contributed by atoms with Crippen molar-refractivity contribution in [3.8, 4) is 5.75 Å². The molecule has 0 saturated heterocycles. The van der Waals surface area contributed by atoms with Crippen LogP contribution in [0.4, 0.5) is 0 Å². The maximum atomic E-state index is 13.6. The summed E-state index contributed by atoms with van der Waals surface area (Å²) in [5, 5.41) is 1.20. The van der Waals surface area contributed by atoms with E-state index >= 15 is 0 Å². The molecule has 3 aromatic carbocycles. The molecule has 0 N–H and O–H groups in total. The Balaban J connectivity index is 1.86. The number of carbonyl (C=O) groups is 1. The predicted molar refractivity (Wildman–Crippen MR) is 131 cm³/mol. The molecule has 2 atom stereocenters. The van der Waals surface area contributed by atoms with Gasteiger partial charge in [-0.15, -0.1) is 0 Å². The Morgan fingerprint density at radius 1 is 0.939 bits per heavy atom.